The lowest BCUT2D eigenvalue weighted by Crippen LogP contribution is -2.29. The van der Waals surface area contributed by atoms with E-state index in [1.807, 2.05) is 47.9 Å². The van der Waals surface area contributed by atoms with Crippen LogP contribution in [0.15, 0.2) is 48.7 Å². The number of ketones is 1. The summed E-state index contributed by atoms with van der Waals surface area (Å²) >= 11 is 0. The first-order valence-corrected chi connectivity index (χ1v) is 10.8. The van der Waals surface area contributed by atoms with Crippen LogP contribution in [0, 0.1) is 5.92 Å². The number of pyridine rings is 1. The minimum atomic E-state index is -0.207. The van der Waals surface area contributed by atoms with Crippen LogP contribution in [-0.2, 0) is 22.4 Å². The molecule has 0 spiro atoms. The molecule has 2 heterocycles. The van der Waals surface area contributed by atoms with E-state index in [1.54, 1.807) is 0 Å². The van der Waals surface area contributed by atoms with Gasteiger partial charge >= 0.3 is 0 Å². The molecule has 1 N–H and O–H groups in total. The predicted octanol–water partition coefficient (Wildman–Crippen LogP) is 3.49. The van der Waals surface area contributed by atoms with Gasteiger partial charge in [-0.3, -0.25) is 14.0 Å². The zero-order chi connectivity index (χ0) is 20.9. The van der Waals surface area contributed by atoms with Crippen LogP contribution < -0.4 is 5.32 Å². The Labute approximate surface area is 176 Å². The highest BCUT2D eigenvalue weighted by atomic mass is 16.1. The van der Waals surface area contributed by atoms with E-state index in [-0.39, 0.29) is 17.7 Å². The van der Waals surface area contributed by atoms with Crippen molar-refractivity contribution < 1.29 is 9.59 Å². The summed E-state index contributed by atoms with van der Waals surface area (Å²) in [6, 6.07) is 14.0. The zero-order valence-corrected chi connectivity index (χ0v) is 17.4. The highest BCUT2D eigenvalue weighted by molar-refractivity contribution is 5.83. The van der Waals surface area contributed by atoms with Gasteiger partial charge in [0.1, 0.15) is 11.6 Å². The average Bonchev–Trinajstić information content (AvgIpc) is 3.37. The van der Waals surface area contributed by atoms with Crippen molar-refractivity contribution in [3.05, 3.63) is 65.6 Å². The molecule has 1 fully saturated rings. The van der Waals surface area contributed by atoms with Gasteiger partial charge in [-0.1, -0.05) is 30.3 Å². The van der Waals surface area contributed by atoms with E-state index in [0.717, 1.165) is 55.6 Å². The summed E-state index contributed by atoms with van der Waals surface area (Å²) in [7, 11) is 0. The topological polar surface area (TPSA) is 76.4 Å². The molecule has 0 radical (unpaired) electrons. The number of hydrogen-bond acceptors (Lipinski definition) is 4. The van der Waals surface area contributed by atoms with Gasteiger partial charge in [0.25, 0.3) is 0 Å². The fraction of sp³-hybridized carbons (Fsp3) is 0.417. The van der Waals surface area contributed by atoms with Crippen LogP contribution in [-0.4, -0.2) is 32.8 Å². The first-order chi connectivity index (χ1) is 14.6. The Morgan fingerprint density at radius 2 is 2.03 bits per heavy atom. The highest BCUT2D eigenvalue weighted by Gasteiger charge is 2.24. The summed E-state index contributed by atoms with van der Waals surface area (Å²) in [5, 5.41) is 11.4. The number of Topliss-reactive ketones (excluding diaryl/α,β-unsaturated/α-hetero) is 1. The third kappa shape index (κ3) is 4.58. The van der Waals surface area contributed by atoms with Gasteiger partial charge in [-0.05, 0) is 55.9 Å². The van der Waals surface area contributed by atoms with Gasteiger partial charge in [-0.25, -0.2) is 0 Å². The third-order valence-electron chi connectivity index (χ3n) is 6.05. The first kappa shape index (κ1) is 20.3. The smallest absolute Gasteiger partial charge is 0.227 e. The van der Waals surface area contributed by atoms with Crippen molar-refractivity contribution in [2.24, 2.45) is 5.92 Å². The predicted molar refractivity (Wildman–Crippen MR) is 115 cm³/mol. The molecule has 1 amide bonds. The van der Waals surface area contributed by atoms with Crippen molar-refractivity contribution in [2.45, 2.75) is 51.4 Å². The SMILES string of the molecule is C[C@H](C(=O)NCCCc1nnc2ccccn12)c1ccc(C[C@@H]2CCCC2=O)cc1. The summed E-state index contributed by atoms with van der Waals surface area (Å²) in [6.07, 6.45) is 7.09. The van der Waals surface area contributed by atoms with Crippen molar-refractivity contribution in [1.82, 2.24) is 19.9 Å². The van der Waals surface area contributed by atoms with Crippen LogP contribution >= 0.6 is 0 Å². The van der Waals surface area contributed by atoms with Crippen molar-refractivity contribution in [2.75, 3.05) is 6.54 Å². The molecular weight excluding hydrogens is 376 g/mol. The Hall–Kier alpha value is -3.02. The molecule has 2 aromatic heterocycles. The fourth-order valence-electron chi connectivity index (χ4n) is 4.15. The first-order valence-electron chi connectivity index (χ1n) is 10.8. The summed E-state index contributed by atoms with van der Waals surface area (Å²) in [5.74, 6) is 1.30. The monoisotopic (exact) mass is 404 g/mol. The number of aryl methyl sites for hydroxylation is 1. The van der Waals surface area contributed by atoms with Gasteiger partial charge in [0.2, 0.25) is 5.91 Å². The van der Waals surface area contributed by atoms with E-state index in [2.05, 4.69) is 27.6 Å². The van der Waals surface area contributed by atoms with Crippen LogP contribution in [0.5, 0.6) is 0 Å². The molecule has 0 aliphatic heterocycles. The van der Waals surface area contributed by atoms with Gasteiger partial charge in [0, 0.05) is 31.5 Å². The molecule has 1 aliphatic rings. The zero-order valence-electron chi connectivity index (χ0n) is 17.4. The number of nitrogens with one attached hydrogen (secondary N) is 1. The quantitative estimate of drug-likeness (QED) is 0.583. The molecular formula is C24H28N4O2. The van der Waals surface area contributed by atoms with Gasteiger partial charge in [-0.2, -0.15) is 0 Å². The minimum Gasteiger partial charge on any atom is -0.356 e. The van der Waals surface area contributed by atoms with E-state index < -0.39 is 0 Å². The molecule has 30 heavy (non-hydrogen) atoms. The largest absolute Gasteiger partial charge is 0.356 e. The molecule has 1 aromatic carbocycles. The van der Waals surface area contributed by atoms with E-state index in [1.165, 1.54) is 5.56 Å². The maximum Gasteiger partial charge on any atom is 0.227 e. The fourth-order valence-corrected chi connectivity index (χ4v) is 4.15. The molecule has 1 saturated carbocycles. The lowest BCUT2D eigenvalue weighted by Gasteiger charge is -2.14. The molecule has 156 valence electrons. The number of hydrogen-bond donors (Lipinski definition) is 1. The third-order valence-corrected chi connectivity index (χ3v) is 6.05. The molecule has 4 rings (SSSR count). The van der Waals surface area contributed by atoms with Crippen LogP contribution in [0.1, 0.15) is 55.5 Å². The Morgan fingerprint density at radius 3 is 2.80 bits per heavy atom. The van der Waals surface area contributed by atoms with Crippen molar-refractivity contribution >= 4 is 17.3 Å². The Kier molecular flexibility index (Phi) is 6.21. The summed E-state index contributed by atoms with van der Waals surface area (Å²) in [6.45, 7) is 2.53. The van der Waals surface area contributed by atoms with Crippen LogP contribution in [0.2, 0.25) is 0 Å². The Bertz CT molecular complexity index is 1030. The van der Waals surface area contributed by atoms with E-state index >= 15 is 0 Å². The van der Waals surface area contributed by atoms with Gasteiger partial charge in [-0.15, -0.1) is 10.2 Å². The van der Waals surface area contributed by atoms with Crippen LogP contribution in [0.4, 0.5) is 0 Å². The number of rotatable bonds is 8. The number of amides is 1. The summed E-state index contributed by atoms with van der Waals surface area (Å²) in [4.78, 5) is 24.4. The molecule has 1 aliphatic carbocycles. The van der Waals surface area contributed by atoms with Gasteiger partial charge in [0.05, 0.1) is 5.92 Å². The standard InChI is InChI=1S/C24H28N4O2/c1-17(19-12-10-18(11-13-19)16-20-6-4-7-21(20)29)24(30)25-14-5-9-23-27-26-22-8-2-3-15-28(22)23/h2-3,8,10-13,15,17,20H,4-7,9,14,16H2,1H3,(H,25,30)/t17-,20-/m0/s1. The normalized spacial score (nSPS) is 17.4. The lowest BCUT2D eigenvalue weighted by atomic mass is 9.94. The highest BCUT2D eigenvalue weighted by Crippen LogP contribution is 2.26. The number of carbonyl (C=O) groups is 2. The van der Waals surface area contributed by atoms with Crippen LogP contribution in [0.3, 0.4) is 0 Å². The van der Waals surface area contributed by atoms with E-state index in [9.17, 15) is 9.59 Å². The van der Waals surface area contributed by atoms with E-state index in [4.69, 9.17) is 0 Å². The molecule has 0 saturated heterocycles. The number of nitrogens with zero attached hydrogens (tertiary/aromatic N) is 3. The molecule has 6 heteroatoms. The van der Waals surface area contributed by atoms with Crippen LogP contribution in [0.25, 0.3) is 5.65 Å². The minimum absolute atomic E-state index is 0.0276. The molecule has 0 unspecified atom stereocenters. The Morgan fingerprint density at radius 1 is 1.20 bits per heavy atom. The molecule has 0 bridgehead atoms. The van der Waals surface area contributed by atoms with Crippen molar-refractivity contribution in [3.8, 4) is 0 Å². The molecule has 3 aromatic rings. The maximum atomic E-state index is 12.5. The Balaban J connectivity index is 1.24. The van der Waals surface area contributed by atoms with E-state index in [0.29, 0.717) is 12.3 Å². The summed E-state index contributed by atoms with van der Waals surface area (Å²) < 4.78 is 1.98. The van der Waals surface area contributed by atoms with Crippen molar-refractivity contribution in [1.29, 1.82) is 0 Å². The molecule has 2 atom stereocenters. The number of aromatic nitrogens is 3. The molecule has 6 nitrogen and oxygen atoms in total. The number of benzene rings is 1. The van der Waals surface area contributed by atoms with Gasteiger partial charge < -0.3 is 5.32 Å². The second kappa shape index (κ2) is 9.20. The maximum absolute atomic E-state index is 12.5. The number of carbonyl (C=O) groups excluding carboxylic acids is 2. The second-order valence-corrected chi connectivity index (χ2v) is 8.16. The summed E-state index contributed by atoms with van der Waals surface area (Å²) in [5.41, 5.74) is 3.01. The average molecular weight is 405 g/mol. The van der Waals surface area contributed by atoms with Gasteiger partial charge in [0.15, 0.2) is 5.65 Å². The second-order valence-electron chi connectivity index (χ2n) is 8.16. The lowest BCUT2D eigenvalue weighted by molar-refractivity contribution is -0.122. The van der Waals surface area contributed by atoms with Crippen molar-refractivity contribution in [3.63, 3.8) is 0 Å². The number of fused-ring (bicyclic) bond motifs is 1.